The minimum Gasteiger partial charge on any atom is -0.478 e. The first kappa shape index (κ1) is 13.8. The Morgan fingerprint density at radius 1 is 1.42 bits per heavy atom. The summed E-state index contributed by atoms with van der Waals surface area (Å²) in [6.45, 7) is 0.587. The van der Waals surface area contributed by atoms with Crippen LogP contribution in [-0.2, 0) is 6.54 Å². The van der Waals surface area contributed by atoms with E-state index in [4.69, 9.17) is 16.7 Å². The van der Waals surface area contributed by atoms with Gasteiger partial charge in [0, 0.05) is 17.6 Å². The van der Waals surface area contributed by atoms with Gasteiger partial charge in [0.1, 0.15) is 5.82 Å². The minimum atomic E-state index is -1.27. The summed E-state index contributed by atoms with van der Waals surface area (Å²) >= 11 is 7.30. The van der Waals surface area contributed by atoms with E-state index in [-0.39, 0.29) is 5.56 Å². The summed E-state index contributed by atoms with van der Waals surface area (Å²) in [6.07, 6.45) is 0. The van der Waals surface area contributed by atoms with Gasteiger partial charge in [-0.15, -0.1) is 11.3 Å². The Labute approximate surface area is 118 Å². The van der Waals surface area contributed by atoms with E-state index in [0.717, 1.165) is 4.88 Å². The Bertz CT molecular complexity index is 614. The summed E-state index contributed by atoms with van der Waals surface area (Å²) in [6, 6.07) is 7.79. The van der Waals surface area contributed by atoms with Crippen LogP contribution in [0.3, 0.4) is 0 Å². The molecule has 0 amide bonds. The lowest BCUT2D eigenvalue weighted by molar-refractivity contribution is 0.0692. The van der Waals surface area contributed by atoms with Gasteiger partial charge in [0.05, 0.1) is 16.4 Å². The number of hydrogen-bond donors (Lipinski definition) is 1. The van der Waals surface area contributed by atoms with Gasteiger partial charge in [0.2, 0.25) is 0 Å². The van der Waals surface area contributed by atoms with E-state index >= 15 is 0 Å². The molecule has 19 heavy (non-hydrogen) atoms. The summed E-state index contributed by atoms with van der Waals surface area (Å²) < 4.78 is 14.3. The summed E-state index contributed by atoms with van der Waals surface area (Å²) in [5.74, 6) is -2.00. The second-order valence-corrected chi connectivity index (χ2v) is 5.83. The lowest BCUT2D eigenvalue weighted by Gasteiger charge is -2.18. The quantitative estimate of drug-likeness (QED) is 0.931. The average molecular weight is 300 g/mol. The van der Waals surface area contributed by atoms with Crippen LogP contribution >= 0.6 is 22.9 Å². The van der Waals surface area contributed by atoms with Gasteiger partial charge in [-0.05, 0) is 30.3 Å². The third-order valence-corrected chi connectivity index (χ3v) is 3.86. The molecule has 0 radical (unpaired) electrons. The maximum Gasteiger partial charge on any atom is 0.338 e. The van der Waals surface area contributed by atoms with Crippen molar-refractivity contribution in [3.8, 4) is 0 Å². The summed E-state index contributed by atoms with van der Waals surface area (Å²) in [7, 11) is 1.81. The number of hydrogen-bond acceptors (Lipinski definition) is 3. The van der Waals surface area contributed by atoms with Gasteiger partial charge in [-0.1, -0.05) is 11.6 Å². The fourth-order valence-corrected chi connectivity index (χ4v) is 2.82. The van der Waals surface area contributed by atoms with Crippen molar-refractivity contribution in [2.45, 2.75) is 6.54 Å². The molecule has 0 fully saturated rings. The molecule has 1 aromatic heterocycles. The van der Waals surface area contributed by atoms with Crippen molar-refractivity contribution in [1.82, 2.24) is 0 Å². The number of rotatable bonds is 4. The van der Waals surface area contributed by atoms with E-state index < -0.39 is 11.8 Å². The van der Waals surface area contributed by atoms with Crippen molar-refractivity contribution in [2.24, 2.45) is 0 Å². The van der Waals surface area contributed by atoms with Gasteiger partial charge in [0.15, 0.2) is 0 Å². The third kappa shape index (κ3) is 3.24. The maximum absolute atomic E-state index is 13.6. The molecule has 0 saturated heterocycles. The number of thiophene rings is 1. The highest BCUT2D eigenvalue weighted by atomic mass is 35.5. The molecule has 2 rings (SSSR count). The van der Waals surface area contributed by atoms with Crippen LogP contribution in [-0.4, -0.2) is 18.1 Å². The Morgan fingerprint density at radius 3 is 2.68 bits per heavy atom. The van der Waals surface area contributed by atoms with E-state index in [0.29, 0.717) is 16.6 Å². The van der Waals surface area contributed by atoms with Gasteiger partial charge in [-0.3, -0.25) is 0 Å². The van der Waals surface area contributed by atoms with Crippen LogP contribution in [0.4, 0.5) is 10.1 Å². The standard InChI is InChI=1S/C13H11ClFNO2S/c1-16(7-9-3-5-12(14)19-9)8-2-4-10(13(17)18)11(15)6-8/h2-6H,7H2,1H3,(H,17,18). The van der Waals surface area contributed by atoms with E-state index in [2.05, 4.69) is 0 Å². The van der Waals surface area contributed by atoms with Crippen LogP contribution in [0, 0.1) is 5.82 Å². The molecule has 0 saturated carbocycles. The van der Waals surface area contributed by atoms with E-state index in [1.165, 1.54) is 23.5 Å². The van der Waals surface area contributed by atoms with Crippen LogP contribution in [0.1, 0.15) is 15.2 Å². The molecule has 1 heterocycles. The Kier molecular flexibility index (Phi) is 4.07. The normalized spacial score (nSPS) is 10.5. The number of carboxylic acid groups (broad SMARTS) is 1. The van der Waals surface area contributed by atoms with Crippen LogP contribution in [0.2, 0.25) is 4.34 Å². The number of halogens is 2. The molecule has 3 nitrogen and oxygen atoms in total. The van der Waals surface area contributed by atoms with Crippen molar-refractivity contribution in [2.75, 3.05) is 11.9 Å². The number of aromatic carboxylic acids is 1. The monoisotopic (exact) mass is 299 g/mol. The van der Waals surface area contributed by atoms with Crippen LogP contribution < -0.4 is 4.90 Å². The zero-order valence-corrected chi connectivity index (χ0v) is 11.6. The molecule has 0 bridgehead atoms. The smallest absolute Gasteiger partial charge is 0.338 e. The number of carbonyl (C=O) groups is 1. The van der Waals surface area contributed by atoms with Crippen LogP contribution in [0.5, 0.6) is 0 Å². The van der Waals surface area contributed by atoms with Crippen molar-refractivity contribution in [3.63, 3.8) is 0 Å². The molecule has 0 unspecified atom stereocenters. The molecule has 2 aromatic rings. The van der Waals surface area contributed by atoms with Crippen LogP contribution in [0.25, 0.3) is 0 Å². The number of nitrogens with zero attached hydrogens (tertiary/aromatic N) is 1. The fraction of sp³-hybridized carbons (Fsp3) is 0.154. The first-order valence-corrected chi connectivity index (χ1v) is 6.65. The molecule has 0 aliphatic carbocycles. The van der Waals surface area contributed by atoms with E-state index in [1.807, 2.05) is 24.1 Å². The van der Waals surface area contributed by atoms with Crippen molar-refractivity contribution in [1.29, 1.82) is 0 Å². The Balaban J connectivity index is 2.17. The predicted molar refractivity (Wildman–Crippen MR) is 74.8 cm³/mol. The average Bonchev–Trinajstić information content (AvgIpc) is 2.74. The van der Waals surface area contributed by atoms with Crippen molar-refractivity contribution >= 4 is 34.6 Å². The topological polar surface area (TPSA) is 40.5 Å². The Morgan fingerprint density at radius 2 is 2.16 bits per heavy atom. The molecule has 1 aromatic carbocycles. The second kappa shape index (κ2) is 5.59. The summed E-state index contributed by atoms with van der Waals surface area (Å²) in [4.78, 5) is 13.6. The van der Waals surface area contributed by atoms with Crippen molar-refractivity contribution < 1.29 is 14.3 Å². The van der Waals surface area contributed by atoms with Gasteiger partial charge in [-0.25, -0.2) is 9.18 Å². The maximum atomic E-state index is 13.6. The molecule has 1 N–H and O–H groups in total. The molecule has 0 aliphatic rings. The summed E-state index contributed by atoms with van der Waals surface area (Å²) in [5.41, 5.74) is 0.295. The van der Waals surface area contributed by atoms with Crippen LogP contribution in [0.15, 0.2) is 30.3 Å². The van der Waals surface area contributed by atoms with E-state index in [1.54, 1.807) is 6.07 Å². The highest BCUT2D eigenvalue weighted by molar-refractivity contribution is 7.16. The molecule has 0 aliphatic heterocycles. The minimum absolute atomic E-state index is 0.323. The zero-order valence-electron chi connectivity index (χ0n) is 10.1. The first-order chi connectivity index (χ1) is 8.97. The lowest BCUT2D eigenvalue weighted by Crippen LogP contribution is -2.16. The first-order valence-electron chi connectivity index (χ1n) is 5.45. The fourth-order valence-electron chi connectivity index (χ4n) is 1.68. The third-order valence-electron chi connectivity index (χ3n) is 2.65. The van der Waals surface area contributed by atoms with Gasteiger partial charge in [0.25, 0.3) is 0 Å². The zero-order chi connectivity index (χ0) is 14.0. The number of anilines is 1. The number of carboxylic acids is 1. The van der Waals surface area contributed by atoms with E-state index in [9.17, 15) is 9.18 Å². The molecular formula is C13H11ClFNO2S. The highest BCUT2D eigenvalue weighted by Crippen LogP contribution is 2.25. The van der Waals surface area contributed by atoms with Gasteiger partial charge >= 0.3 is 5.97 Å². The second-order valence-electron chi connectivity index (χ2n) is 4.03. The molecule has 0 atom stereocenters. The molecule has 0 spiro atoms. The lowest BCUT2D eigenvalue weighted by atomic mass is 10.2. The summed E-state index contributed by atoms with van der Waals surface area (Å²) in [5, 5.41) is 8.77. The largest absolute Gasteiger partial charge is 0.478 e. The highest BCUT2D eigenvalue weighted by Gasteiger charge is 2.12. The number of benzene rings is 1. The SMILES string of the molecule is CN(Cc1ccc(Cl)s1)c1ccc(C(=O)O)c(F)c1. The van der Waals surface area contributed by atoms with Crippen molar-refractivity contribution in [3.05, 3.63) is 50.9 Å². The molecule has 6 heteroatoms. The van der Waals surface area contributed by atoms with Gasteiger partial charge in [-0.2, -0.15) is 0 Å². The predicted octanol–water partition coefficient (Wildman–Crippen LogP) is 3.88. The van der Waals surface area contributed by atoms with Gasteiger partial charge < -0.3 is 10.0 Å². The Hall–Kier alpha value is -1.59. The molecule has 100 valence electrons. The molecular weight excluding hydrogens is 289 g/mol.